The topological polar surface area (TPSA) is 56.8 Å². The van der Waals surface area contributed by atoms with Gasteiger partial charge in [0.25, 0.3) is 0 Å². The van der Waals surface area contributed by atoms with Gasteiger partial charge in [-0.1, -0.05) is 6.92 Å². The molecule has 0 saturated carbocycles. The molecule has 2 aromatic rings. The summed E-state index contributed by atoms with van der Waals surface area (Å²) >= 11 is 1.78. The molecule has 102 valence electrons. The minimum atomic E-state index is 0.490. The minimum Gasteiger partial charge on any atom is -0.337 e. The quantitative estimate of drug-likeness (QED) is 0.899. The highest BCUT2D eigenvalue weighted by molar-refractivity contribution is 7.15. The van der Waals surface area contributed by atoms with Gasteiger partial charge in [-0.2, -0.15) is 4.98 Å². The Morgan fingerprint density at radius 1 is 1.47 bits per heavy atom. The maximum atomic E-state index is 4.63. The first-order valence-electron chi connectivity index (χ1n) is 6.76. The van der Waals surface area contributed by atoms with Gasteiger partial charge in [-0.15, -0.1) is 16.4 Å². The fourth-order valence-corrected chi connectivity index (χ4v) is 3.20. The lowest BCUT2D eigenvalue weighted by Gasteiger charge is -2.30. The number of aryl methyl sites for hydroxylation is 1. The van der Waals surface area contributed by atoms with Crippen molar-refractivity contribution in [3.63, 3.8) is 0 Å². The van der Waals surface area contributed by atoms with Gasteiger partial charge in [0, 0.05) is 30.6 Å². The van der Waals surface area contributed by atoms with Gasteiger partial charge in [-0.05, 0) is 25.5 Å². The molecular formula is C13H19N5S. The number of anilines is 1. The van der Waals surface area contributed by atoms with E-state index in [1.54, 1.807) is 11.3 Å². The van der Waals surface area contributed by atoms with Crippen molar-refractivity contribution >= 4 is 17.3 Å². The molecule has 6 heteroatoms. The van der Waals surface area contributed by atoms with Crippen LogP contribution in [0.25, 0.3) is 10.7 Å². The predicted molar refractivity (Wildman–Crippen MR) is 78.8 cm³/mol. The summed E-state index contributed by atoms with van der Waals surface area (Å²) in [5, 5.41) is 10.8. The third kappa shape index (κ3) is 2.64. The molecule has 1 atom stereocenters. The average Bonchev–Trinajstić information content (AvgIpc) is 3.07. The molecule has 0 aromatic carbocycles. The van der Waals surface area contributed by atoms with Crippen LogP contribution in [-0.2, 0) is 6.42 Å². The first-order chi connectivity index (χ1) is 9.26. The average molecular weight is 277 g/mol. The van der Waals surface area contributed by atoms with Crippen molar-refractivity contribution in [2.24, 2.45) is 0 Å². The van der Waals surface area contributed by atoms with E-state index in [0.717, 1.165) is 37.8 Å². The van der Waals surface area contributed by atoms with E-state index in [1.807, 2.05) is 0 Å². The van der Waals surface area contributed by atoms with E-state index >= 15 is 0 Å². The Labute approximate surface area is 117 Å². The third-order valence-corrected chi connectivity index (χ3v) is 4.61. The molecule has 1 saturated heterocycles. The monoisotopic (exact) mass is 277 g/mol. The van der Waals surface area contributed by atoms with Crippen molar-refractivity contribution in [2.45, 2.75) is 26.3 Å². The van der Waals surface area contributed by atoms with Crippen LogP contribution in [0.3, 0.4) is 0 Å². The number of H-pyrrole nitrogens is 1. The lowest BCUT2D eigenvalue weighted by Crippen LogP contribution is -2.49. The molecule has 0 spiro atoms. The maximum Gasteiger partial charge on any atom is 0.245 e. The van der Waals surface area contributed by atoms with Gasteiger partial charge >= 0.3 is 0 Å². The summed E-state index contributed by atoms with van der Waals surface area (Å²) < 4.78 is 0. The molecule has 1 aliphatic rings. The standard InChI is InChI=1S/C13H19N5S/c1-3-10-4-5-11(19-10)12-15-13(17-16-12)18-7-6-14-9(2)8-18/h4-5,9,14H,3,6-8H2,1-2H3,(H,15,16,17). The van der Waals surface area contributed by atoms with Gasteiger partial charge in [0.1, 0.15) is 0 Å². The van der Waals surface area contributed by atoms with Gasteiger partial charge in [0.2, 0.25) is 5.95 Å². The van der Waals surface area contributed by atoms with Crippen LogP contribution in [0.15, 0.2) is 12.1 Å². The van der Waals surface area contributed by atoms with Crippen LogP contribution in [0.1, 0.15) is 18.7 Å². The number of hydrogen-bond acceptors (Lipinski definition) is 5. The normalized spacial score (nSPS) is 19.9. The van der Waals surface area contributed by atoms with E-state index in [2.05, 4.69) is 51.4 Å². The van der Waals surface area contributed by atoms with Crippen LogP contribution in [0.5, 0.6) is 0 Å². The van der Waals surface area contributed by atoms with Gasteiger partial charge in [0.05, 0.1) is 4.88 Å². The number of rotatable bonds is 3. The fraction of sp³-hybridized carbons (Fsp3) is 0.538. The third-order valence-electron chi connectivity index (χ3n) is 3.37. The fourth-order valence-electron chi connectivity index (χ4n) is 2.31. The van der Waals surface area contributed by atoms with Gasteiger partial charge in [-0.25, -0.2) is 0 Å². The van der Waals surface area contributed by atoms with Crippen LogP contribution in [-0.4, -0.2) is 40.9 Å². The number of piperazine rings is 1. The highest BCUT2D eigenvalue weighted by Crippen LogP contribution is 2.26. The second-order valence-electron chi connectivity index (χ2n) is 4.90. The van der Waals surface area contributed by atoms with Crippen LogP contribution in [0.4, 0.5) is 5.95 Å². The molecule has 2 N–H and O–H groups in total. The van der Waals surface area contributed by atoms with Crippen LogP contribution in [0, 0.1) is 0 Å². The Kier molecular flexibility index (Phi) is 3.52. The first kappa shape index (κ1) is 12.6. The molecule has 0 radical (unpaired) electrons. The number of nitrogens with one attached hydrogen (secondary N) is 2. The molecule has 0 amide bonds. The first-order valence-corrected chi connectivity index (χ1v) is 7.57. The minimum absolute atomic E-state index is 0.490. The molecule has 5 nitrogen and oxygen atoms in total. The molecule has 0 aliphatic carbocycles. The van der Waals surface area contributed by atoms with E-state index in [0.29, 0.717) is 6.04 Å². The Morgan fingerprint density at radius 3 is 3.11 bits per heavy atom. The number of thiophene rings is 1. The molecule has 1 unspecified atom stereocenters. The van der Waals surface area contributed by atoms with Gasteiger partial charge in [0.15, 0.2) is 5.82 Å². The van der Waals surface area contributed by atoms with Crippen molar-refractivity contribution in [3.8, 4) is 10.7 Å². The number of nitrogens with zero attached hydrogens (tertiary/aromatic N) is 3. The molecule has 2 aromatic heterocycles. The molecule has 1 aliphatic heterocycles. The molecular weight excluding hydrogens is 258 g/mol. The van der Waals surface area contributed by atoms with E-state index < -0.39 is 0 Å². The van der Waals surface area contributed by atoms with E-state index in [-0.39, 0.29) is 0 Å². The lowest BCUT2D eigenvalue weighted by molar-refractivity contribution is 0.480. The van der Waals surface area contributed by atoms with E-state index in [4.69, 9.17) is 0 Å². The van der Waals surface area contributed by atoms with Crippen molar-refractivity contribution in [1.29, 1.82) is 0 Å². The second-order valence-corrected chi connectivity index (χ2v) is 6.07. The maximum absolute atomic E-state index is 4.63. The largest absolute Gasteiger partial charge is 0.337 e. The van der Waals surface area contributed by atoms with Crippen molar-refractivity contribution in [1.82, 2.24) is 20.5 Å². The number of aromatic amines is 1. The SMILES string of the molecule is CCc1ccc(-c2nc(N3CCNC(C)C3)n[nH]2)s1. The molecule has 3 heterocycles. The van der Waals surface area contributed by atoms with Gasteiger partial charge < -0.3 is 10.2 Å². The highest BCUT2D eigenvalue weighted by Gasteiger charge is 2.19. The van der Waals surface area contributed by atoms with Crippen LogP contribution < -0.4 is 10.2 Å². The highest BCUT2D eigenvalue weighted by atomic mass is 32.1. The zero-order valence-corrected chi connectivity index (χ0v) is 12.1. The zero-order chi connectivity index (χ0) is 13.2. The van der Waals surface area contributed by atoms with Crippen LogP contribution in [0.2, 0.25) is 0 Å². The van der Waals surface area contributed by atoms with Crippen molar-refractivity contribution in [3.05, 3.63) is 17.0 Å². The molecule has 3 rings (SSSR count). The van der Waals surface area contributed by atoms with E-state index in [9.17, 15) is 0 Å². The van der Waals surface area contributed by atoms with Gasteiger partial charge in [-0.3, -0.25) is 5.10 Å². The molecule has 1 fully saturated rings. The second kappa shape index (κ2) is 5.30. The van der Waals surface area contributed by atoms with Crippen LogP contribution >= 0.6 is 11.3 Å². The molecule has 0 bridgehead atoms. The lowest BCUT2D eigenvalue weighted by atomic mass is 10.2. The summed E-state index contributed by atoms with van der Waals surface area (Å²) in [7, 11) is 0. The summed E-state index contributed by atoms with van der Waals surface area (Å²) in [6, 6.07) is 4.77. The smallest absolute Gasteiger partial charge is 0.245 e. The van der Waals surface area contributed by atoms with Crippen molar-refractivity contribution in [2.75, 3.05) is 24.5 Å². The Morgan fingerprint density at radius 2 is 2.37 bits per heavy atom. The number of aromatic nitrogens is 3. The summed E-state index contributed by atoms with van der Waals surface area (Å²) in [6.45, 7) is 7.27. The Bertz CT molecular complexity index is 547. The van der Waals surface area contributed by atoms with Crippen molar-refractivity contribution < 1.29 is 0 Å². The predicted octanol–water partition coefficient (Wildman–Crippen LogP) is 1.89. The Balaban J connectivity index is 1.78. The summed E-state index contributed by atoms with van der Waals surface area (Å²) in [5.74, 6) is 1.70. The Hall–Kier alpha value is -1.40. The zero-order valence-electron chi connectivity index (χ0n) is 11.3. The molecule has 19 heavy (non-hydrogen) atoms. The summed E-state index contributed by atoms with van der Waals surface area (Å²) in [4.78, 5) is 9.40. The summed E-state index contributed by atoms with van der Waals surface area (Å²) in [6.07, 6.45) is 1.07. The number of hydrogen-bond donors (Lipinski definition) is 2. The summed E-state index contributed by atoms with van der Waals surface area (Å²) in [5.41, 5.74) is 0. The van der Waals surface area contributed by atoms with E-state index in [1.165, 1.54) is 9.75 Å².